The molecule has 25 heavy (non-hydrogen) atoms. The van der Waals surface area contributed by atoms with Crippen LogP contribution in [0, 0.1) is 13.8 Å². The molecule has 124 valence electrons. The summed E-state index contributed by atoms with van der Waals surface area (Å²) in [6.45, 7) is 3.81. The summed E-state index contributed by atoms with van der Waals surface area (Å²) in [5, 5.41) is 11.4. The van der Waals surface area contributed by atoms with Gasteiger partial charge in [-0.2, -0.15) is 0 Å². The van der Waals surface area contributed by atoms with Crippen LogP contribution in [0.15, 0.2) is 57.4 Å². The monoisotopic (exact) mass is 333 g/mol. The molecule has 0 bridgehead atoms. The standard InChI is InChI=1S/C19H15N3O3/c1-11-7-8-12(2)14(9-11)17(23)20-19-22-21-18(25-19)16-10-13-5-3-4-6-15(13)24-16/h3-10H,1-2H3,(H,20,22,23). The molecule has 0 saturated carbocycles. The van der Waals surface area contributed by atoms with E-state index >= 15 is 0 Å². The maximum absolute atomic E-state index is 12.4. The van der Waals surface area contributed by atoms with Crippen molar-refractivity contribution in [3.8, 4) is 11.7 Å². The number of carbonyl (C=O) groups is 1. The maximum Gasteiger partial charge on any atom is 0.322 e. The quantitative estimate of drug-likeness (QED) is 0.603. The van der Waals surface area contributed by atoms with E-state index in [-0.39, 0.29) is 17.8 Å². The smallest absolute Gasteiger partial charge is 0.322 e. The lowest BCUT2D eigenvalue weighted by Crippen LogP contribution is -2.13. The fourth-order valence-electron chi connectivity index (χ4n) is 2.61. The number of aromatic nitrogens is 2. The van der Waals surface area contributed by atoms with Crippen LogP contribution in [-0.4, -0.2) is 16.1 Å². The van der Waals surface area contributed by atoms with Crippen molar-refractivity contribution in [2.45, 2.75) is 13.8 Å². The van der Waals surface area contributed by atoms with Gasteiger partial charge in [0.15, 0.2) is 5.76 Å². The molecule has 0 radical (unpaired) electrons. The molecule has 6 heteroatoms. The predicted molar refractivity (Wildman–Crippen MR) is 93.4 cm³/mol. The molecule has 0 saturated heterocycles. The van der Waals surface area contributed by atoms with Gasteiger partial charge in [0, 0.05) is 10.9 Å². The predicted octanol–water partition coefficient (Wildman–Crippen LogP) is 4.35. The zero-order valence-electron chi connectivity index (χ0n) is 13.7. The van der Waals surface area contributed by atoms with Crippen LogP contribution in [0.2, 0.25) is 0 Å². The molecule has 2 aromatic carbocycles. The number of rotatable bonds is 3. The Hall–Kier alpha value is -3.41. The SMILES string of the molecule is Cc1ccc(C)c(C(=O)Nc2nnc(-c3cc4ccccc4o3)o2)c1. The second-order valence-corrected chi connectivity index (χ2v) is 5.83. The largest absolute Gasteiger partial charge is 0.451 e. The van der Waals surface area contributed by atoms with Crippen molar-refractivity contribution in [1.29, 1.82) is 0 Å². The minimum atomic E-state index is -0.291. The summed E-state index contributed by atoms with van der Waals surface area (Å²) in [6.07, 6.45) is 0. The van der Waals surface area contributed by atoms with Gasteiger partial charge in [0.1, 0.15) is 5.58 Å². The number of furan rings is 1. The third kappa shape index (κ3) is 2.89. The van der Waals surface area contributed by atoms with E-state index in [1.165, 1.54) is 0 Å². The second-order valence-electron chi connectivity index (χ2n) is 5.83. The molecule has 1 amide bonds. The lowest BCUT2D eigenvalue weighted by atomic mass is 10.1. The number of amides is 1. The third-order valence-electron chi connectivity index (χ3n) is 3.92. The van der Waals surface area contributed by atoms with Crippen molar-refractivity contribution >= 4 is 22.9 Å². The van der Waals surface area contributed by atoms with Gasteiger partial charge in [-0.25, -0.2) is 0 Å². The van der Waals surface area contributed by atoms with E-state index in [4.69, 9.17) is 8.83 Å². The van der Waals surface area contributed by atoms with Crippen molar-refractivity contribution in [3.05, 3.63) is 65.2 Å². The number of benzene rings is 2. The van der Waals surface area contributed by atoms with Gasteiger partial charge in [-0.15, -0.1) is 5.10 Å². The van der Waals surface area contributed by atoms with E-state index in [1.807, 2.05) is 62.4 Å². The van der Waals surface area contributed by atoms with Crippen LogP contribution in [0.25, 0.3) is 22.6 Å². The highest BCUT2D eigenvalue weighted by molar-refractivity contribution is 6.04. The highest BCUT2D eigenvalue weighted by Crippen LogP contribution is 2.27. The summed E-state index contributed by atoms with van der Waals surface area (Å²) >= 11 is 0. The van der Waals surface area contributed by atoms with Gasteiger partial charge < -0.3 is 8.83 Å². The first-order valence-corrected chi connectivity index (χ1v) is 7.81. The molecule has 4 rings (SSSR count). The first-order chi connectivity index (χ1) is 12.1. The number of anilines is 1. The number of hydrogen-bond acceptors (Lipinski definition) is 5. The average molecular weight is 333 g/mol. The molecule has 0 fully saturated rings. The average Bonchev–Trinajstić information content (AvgIpc) is 3.23. The van der Waals surface area contributed by atoms with Gasteiger partial charge in [-0.05, 0) is 37.6 Å². The lowest BCUT2D eigenvalue weighted by molar-refractivity contribution is 0.102. The Kier molecular flexibility index (Phi) is 3.57. The van der Waals surface area contributed by atoms with Crippen LogP contribution in [0.3, 0.4) is 0 Å². The number of hydrogen-bond donors (Lipinski definition) is 1. The minimum Gasteiger partial charge on any atom is -0.451 e. The van der Waals surface area contributed by atoms with E-state index in [0.29, 0.717) is 11.3 Å². The van der Waals surface area contributed by atoms with Gasteiger partial charge in [0.2, 0.25) is 0 Å². The van der Waals surface area contributed by atoms with Gasteiger partial charge >= 0.3 is 6.01 Å². The van der Waals surface area contributed by atoms with E-state index < -0.39 is 0 Å². The zero-order valence-corrected chi connectivity index (χ0v) is 13.7. The fraction of sp³-hybridized carbons (Fsp3) is 0.105. The number of carbonyl (C=O) groups excluding carboxylic acids is 1. The summed E-state index contributed by atoms with van der Waals surface area (Å²) in [5.74, 6) is 0.384. The van der Waals surface area contributed by atoms with Crippen molar-refractivity contribution in [2.75, 3.05) is 5.32 Å². The molecular formula is C19H15N3O3. The minimum absolute atomic E-state index is 0.0290. The van der Waals surface area contributed by atoms with E-state index in [0.717, 1.165) is 22.1 Å². The second kappa shape index (κ2) is 5.90. The summed E-state index contributed by atoms with van der Waals surface area (Å²) in [7, 11) is 0. The first-order valence-electron chi connectivity index (χ1n) is 7.81. The molecule has 0 atom stereocenters. The van der Waals surface area contributed by atoms with Crippen LogP contribution < -0.4 is 5.32 Å². The van der Waals surface area contributed by atoms with Crippen LogP contribution in [0.4, 0.5) is 6.01 Å². The Morgan fingerprint density at radius 3 is 2.68 bits per heavy atom. The molecule has 1 N–H and O–H groups in total. The van der Waals surface area contributed by atoms with Crippen LogP contribution in [0.1, 0.15) is 21.5 Å². The molecule has 0 unspecified atom stereocenters. The summed E-state index contributed by atoms with van der Waals surface area (Å²) in [6, 6.07) is 15.1. The third-order valence-corrected chi connectivity index (χ3v) is 3.92. The van der Waals surface area contributed by atoms with Crippen LogP contribution in [-0.2, 0) is 0 Å². The molecule has 4 aromatic rings. The van der Waals surface area contributed by atoms with E-state index in [9.17, 15) is 4.79 Å². The molecule has 2 heterocycles. The molecule has 0 aliphatic rings. The summed E-state index contributed by atoms with van der Waals surface area (Å²) in [5.41, 5.74) is 3.18. The Morgan fingerprint density at radius 2 is 1.84 bits per heavy atom. The molecule has 6 nitrogen and oxygen atoms in total. The van der Waals surface area contributed by atoms with Crippen molar-refractivity contribution < 1.29 is 13.6 Å². The van der Waals surface area contributed by atoms with Crippen molar-refractivity contribution in [1.82, 2.24) is 10.2 Å². The number of nitrogens with one attached hydrogen (secondary N) is 1. The van der Waals surface area contributed by atoms with Crippen LogP contribution >= 0.6 is 0 Å². The fourth-order valence-corrected chi connectivity index (χ4v) is 2.61. The lowest BCUT2D eigenvalue weighted by Gasteiger charge is -2.05. The maximum atomic E-state index is 12.4. The van der Waals surface area contributed by atoms with Crippen LogP contribution in [0.5, 0.6) is 0 Å². The summed E-state index contributed by atoms with van der Waals surface area (Å²) < 4.78 is 11.2. The van der Waals surface area contributed by atoms with Gasteiger partial charge in [-0.1, -0.05) is 41.0 Å². The molecule has 0 aliphatic carbocycles. The van der Waals surface area contributed by atoms with Gasteiger partial charge in [0.25, 0.3) is 11.8 Å². The molecule has 0 aliphatic heterocycles. The number of aryl methyl sites for hydroxylation is 2. The Bertz CT molecular complexity index is 1050. The van der Waals surface area contributed by atoms with E-state index in [1.54, 1.807) is 0 Å². The van der Waals surface area contributed by atoms with Crippen molar-refractivity contribution in [2.24, 2.45) is 0 Å². The summed E-state index contributed by atoms with van der Waals surface area (Å²) in [4.78, 5) is 12.4. The molecule has 2 aromatic heterocycles. The highest BCUT2D eigenvalue weighted by atomic mass is 16.4. The van der Waals surface area contributed by atoms with Gasteiger partial charge in [-0.3, -0.25) is 10.1 Å². The van der Waals surface area contributed by atoms with E-state index in [2.05, 4.69) is 15.5 Å². The molecule has 0 spiro atoms. The molecular weight excluding hydrogens is 318 g/mol. The Morgan fingerprint density at radius 1 is 1.00 bits per heavy atom. The normalized spacial score (nSPS) is 11.0. The van der Waals surface area contributed by atoms with Crippen molar-refractivity contribution in [3.63, 3.8) is 0 Å². The first kappa shape index (κ1) is 15.1. The topological polar surface area (TPSA) is 81.2 Å². The zero-order chi connectivity index (χ0) is 17.4. The number of nitrogens with zero attached hydrogens (tertiary/aromatic N) is 2. The highest BCUT2D eigenvalue weighted by Gasteiger charge is 2.16. The Labute approximate surface area is 143 Å². The number of para-hydroxylation sites is 1. The van der Waals surface area contributed by atoms with Gasteiger partial charge in [0.05, 0.1) is 0 Å². The Balaban J connectivity index is 1.59. The number of fused-ring (bicyclic) bond motifs is 1.